The van der Waals surface area contributed by atoms with E-state index in [0.29, 0.717) is 6.42 Å². The molecule has 1 atom stereocenters. The van der Waals surface area contributed by atoms with E-state index in [9.17, 15) is 4.79 Å². The summed E-state index contributed by atoms with van der Waals surface area (Å²) in [5.41, 5.74) is 0.959. The topological polar surface area (TPSA) is 46.1 Å². The van der Waals surface area contributed by atoms with Gasteiger partial charge in [-0.2, -0.15) is 0 Å². The number of amides is 1. The zero-order valence-electron chi connectivity index (χ0n) is 9.81. The maximum absolute atomic E-state index is 11.8. The van der Waals surface area contributed by atoms with Crippen LogP contribution in [0.3, 0.4) is 0 Å². The normalized spacial score (nSPS) is 20.1. The van der Waals surface area contributed by atoms with Crippen molar-refractivity contribution >= 4 is 5.91 Å². The highest BCUT2D eigenvalue weighted by atomic mass is 16.2. The number of hydrogen-bond donors (Lipinski definition) is 0. The molecule has 1 fully saturated rings. The summed E-state index contributed by atoms with van der Waals surface area (Å²) < 4.78 is 0. The lowest BCUT2D eigenvalue weighted by atomic mass is 10.2. The van der Waals surface area contributed by atoms with Crippen LogP contribution in [0.1, 0.15) is 43.7 Å². The molecule has 0 saturated carbocycles. The highest BCUT2D eigenvalue weighted by molar-refractivity contribution is 5.76. The first-order valence-corrected chi connectivity index (χ1v) is 5.81. The first kappa shape index (κ1) is 11.0. The third kappa shape index (κ3) is 2.05. The second-order valence-corrected chi connectivity index (χ2v) is 4.15. The van der Waals surface area contributed by atoms with E-state index in [4.69, 9.17) is 0 Å². The Balaban J connectivity index is 2.23. The van der Waals surface area contributed by atoms with E-state index in [-0.39, 0.29) is 11.9 Å². The number of carbonyl (C=O) groups excluding carboxylic acids is 1. The highest BCUT2D eigenvalue weighted by Gasteiger charge is 2.30. The zero-order chi connectivity index (χ0) is 11.5. The summed E-state index contributed by atoms with van der Waals surface area (Å²) in [6.45, 7) is 4.69. The second kappa shape index (κ2) is 4.60. The molecule has 1 saturated heterocycles. The molecule has 1 unspecified atom stereocenters. The molecule has 1 aliphatic rings. The molecule has 1 aromatic heterocycles. The van der Waals surface area contributed by atoms with Gasteiger partial charge in [0.2, 0.25) is 5.91 Å². The lowest BCUT2D eigenvalue weighted by Gasteiger charge is -2.23. The number of aryl methyl sites for hydroxylation is 1. The SMILES string of the molecule is CCC(=O)N1CCCC1c1nccc(C)n1. The Morgan fingerprint density at radius 3 is 3.12 bits per heavy atom. The minimum absolute atomic E-state index is 0.0901. The van der Waals surface area contributed by atoms with Crippen LogP contribution in [0.4, 0.5) is 0 Å². The highest BCUT2D eigenvalue weighted by Crippen LogP contribution is 2.30. The van der Waals surface area contributed by atoms with Gasteiger partial charge >= 0.3 is 0 Å². The third-order valence-electron chi connectivity index (χ3n) is 2.99. The molecule has 1 amide bonds. The summed E-state index contributed by atoms with van der Waals surface area (Å²) >= 11 is 0. The zero-order valence-corrected chi connectivity index (χ0v) is 9.81. The van der Waals surface area contributed by atoms with E-state index in [1.807, 2.05) is 24.8 Å². The van der Waals surface area contributed by atoms with Crippen molar-refractivity contribution in [2.45, 2.75) is 39.2 Å². The first-order chi connectivity index (χ1) is 7.72. The number of carbonyl (C=O) groups is 1. The van der Waals surface area contributed by atoms with E-state index in [0.717, 1.165) is 30.9 Å². The van der Waals surface area contributed by atoms with Crippen LogP contribution in [-0.2, 0) is 4.79 Å². The van der Waals surface area contributed by atoms with Crippen molar-refractivity contribution in [3.63, 3.8) is 0 Å². The average molecular weight is 219 g/mol. The van der Waals surface area contributed by atoms with E-state index in [1.165, 1.54) is 0 Å². The Labute approximate surface area is 95.7 Å². The standard InChI is InChI=1S/C12H17N3O/c1-3-11(16)15-8-4-5-10(15)12-13-7-6-9(2)14-12/h6-7,10H,3-5,8H2,1-2H3. The van der Waals surface area contributed by atoms with Crippen LogP contribution in [0.15, 0.2) is 12.3 Å². The van der Waals surface area contributed by atoms with Gasteiger partial charge in [0.05, 0.1) is 6.04 Å². The van der Waals surface area contributed by atoms with Crippen molar-refractivity contribution in [3.05, 3.63) is 23.8 Å². The van der Waals surface area contributed by atoms with Crippen molar-refractivity contribution in [3.8, 4) is 0 Å². The van der Waals surface area contributed by atoms with Gasteiger partial charge in [0, 0.05) is 24.9 Å². The summed E-state index contributed by atoms with van der Waals surface area (Å²) in [5.74, 6) is 0.993. The maximum Gasteiger partial charge on any atom is 0.222 e. The average Bonchev–Trinajstić information content (AvgIpc) is 2.77. The Morgan fingerprint density at radius 2 is 2.44 bits per heavy atom. The Bertz CT molecular complexity index is 392. The fourth-order valence-corrected chi connectivity index (χ4v) is 2.17. The monoisotopic (exact) mass is 219 g/mol. The van der Waals surface area contributed by atoms with Gasteiger partial charge in [-0.15, -0.1) is 0 Å². The van der Waals surface area contributed by atoms with Gasteiger partial charge in [0.15, 0.2) is 5.82 Å². The van der Waals surface area contributed by atoms with Crippen LogP contribution in [0.5, 0.6) is 0 Å². The van der Waals surface area contributed by atoms with Crippen LogP contribution >= 0.6 is 0 Å². The van der Waals surface area contributed by atoms with Crippen molar-refractivity contribution in [1.29, 1.82) is 0 Å². The minimum atomic E-state index is 0.0901. The molecular weight excluding hydrogens is 202 g/mol. The van der Waals surface area contributed by atoms with E-state index in [1.54, 1.807) is 6.20 Å². The van der Waals surface area contributed by atoms with Gasteiger partial charge in [-0.3, -0.25) is 4.79 Å². The Morgan fingerprint density at radius 1 is 1.62 bits per heavy atom. The Hall–Kier alpha value is -1.45. The van der Waals surface area contributed by atoms with Gasteiger partial charge in [-0.1, -0.05) is 6.92 Å². The predicted molar refractivity (Wildman–Crippen MR) is 60.7 cm³/mol. The van der Waals surface area contributed by atoms with Crippen LogP contribution in [0, 0.1) is 6.92 Å². The van der Waals surface area contributed by atoms with Crippen molar-refractivity contribution in [1.82, 2.24) is 14.9 Å². The van der Waals surface area contributed by atoms with Crippen molar-refractivity contribution < 1.29 is 4.79 Å². The molecule has 16 heavy (non-hydrogen) atoms. The van der Waals surface area contributed by atoms with Gasteiger partial charge < -0.3 is 4.90 Å². The fourth-order valence-electron chi connectivity index (χ4n) is 2.17. The molecule has 1 aromatic rings. The quantitative estimate of drug-likeness (QED) is 0.762. The molecule has 0 radical (unpaired) electrons. The number of nitrogens with zero attached hydrogens (tertiary/aromatic N) is 3. The largest absolute Gasteiger partial charge is 0.332 e. The summed E-state index contributed by atoms with van der Waals surface area (Å²) in [5, 5.41) is 0. The summed E-state index contributed by atoms with van der Waals surface area (Å²) in [6.07, 6.45) is 4.36. The third-order valence-corrected chi connectivity index (χ3v) is 2.99. The van der Waals surface area contributed by atoms with Gasteiger partial charge in [-0.05, 0) is 25.8 Å². The molecule has 0 bridgehead atoms. The lowest BCUT2D eigenvalue weighted by molar-refractivity contribution is -0.131. The van der Waals surface area contributed by atoms with Gasteiger partial charge in [-0.25, -0.2) is 9.97 Å². The second-order valence-electron chi connectivity index (χ2n) is 4.15. The van der Waals surface area contributed by atoms with Crippen molar-refractivity contribution in [2.75, 3.05) is 6.54 Å². The Kier molecular flexibility index (Phi) is 3.17. The molecule has 0 aromatic carbocycles. The van der Waals surface area contributed by atoms with E-state index >= 15 is 0 Å². The van der Waals surface area contributed by atoms with Crippen LogP contribution < -0.4 is 0 Å². The van der Waals surface area contributed by atoms with Crippen molar-refractivity contribution in [2.24, 2.45) is 0 Å². The molecular formula is C12H17N3O. The van der Waals surface area contributed by atoms with Gasteiger partial charge in [0.25, 0.3) is 0 Å². The van der Waals surface area contributed by atoms with Crippen LogP contribution in [0.2, 0.25) is 0 Å². The number of hydrogen-bond acceptors (Lipinski definition) is 3. The lowest BCUT2D eigenvalue weighted by Crippen LogP contribution is -2.30. The molecule has 2 rings (SSSR count). The molecule has 4 nitrogen and oxygen atoms in total. The summed E-state index contributed by atoms with van der Waals surface area (Å²) in [4.78, 5) is 22.4. The number of rotatable bonds is 2. The van der Waals surface area contributed by atoms with E-state index < -0.39 is 0 Å². The summed E-state index contributed by atoms with van der Waals surface area (Å²) in [6, 6.07) is 1.97. The number of likely N-dealkylation sites (tertiary alicyclic amines) is 1. The maximum atomic E-state index is 11.8. The predicted octanol–water partition coefficient (Wildman–Crippen LogP) is 1.86. The number of aromatic nitrogens is 2. The summed E-state index contributed by atoms with van der Waals surface area (Å²) in [7, 11) is 0. The van der Waals surface area contributed by atoms with Crippen LogP contribution in [-0.4, -0.2) is 27.3 Å². The first-order valence-electron chi connectivity index (χ1n) is 5.81. The molecule has 1 aliphatic heterocycles. The fraction of sp³-hybridized carbons (Fsp3) is 0.583. The van der Waals surface area contributed by atoms with E-state index in [2.05, 4.69) is 9.97 Å². The van der Waals surface area contributed by atoms with Gasteiger partial charge in [0.1, 0.15) is 0 Å². The molecule has 0 N–H and O–H groups in total. The smallest absolute Gasteiger partial charge is 0.222 e. The molecule has 86 valence electrons. The van der Waals surface area contributed by atoms with Crippen LogP contribution in [0.25, 0.3) is 0 Å². The molecule has 4 heteroatoms. The molecule has 0 spiro atoms. The molecule has 2 heterocycles. The minimum Gasteiger partial charge on any atom is -0.332 e. The molecule has 0 aliphatic carbocycles.